The van der Waals surface area contributed by atoms with Crippen LogP contribution in [0.25, 0.3) is 11.4 Å². The summed E-state index contributed by atoms with van der Waals surface area (Å²) in [7, 11) is 0. The first kappa shape index (κ1) is 15.8. The number of hydrogen-bond donors (Lipinski definition) is 2. The Labute approximate surface area is 128 Å². The number of aryl methyl sites for hydroxylation is 1. The van der Waals surface area contributed by atoms with E-state index < -0.39 is 4.92 Å². The van der Waals surface area contributed by atoms with Gasteiger partial charge in [0.1, 0.15) is 5.82 Å². The molecule has 0 aliphatic heterocycles. The number of benzene rings is 1. The van der Waals surface area contributed by atoms with Crippen molar-refractivity contribution in [3.05, 3.63) is 46.1 Å². The third kappa shape index (κ3) is 3.76. The van der Waals surface area contributed by atoms with E-state index in [0.717, 1.165) is 12.1 Å². The van der Waals surface area contributed by atoms with Crippen LogP contribution in [0.4, 0.5) is 11.5 Å². The predicted molar refractivity (Wildman–Crippen MR) is 83.6 cm³/mol. The summed E-state index contributed by atoms with van der Waals surface area (Å²) in [6.07, 6.45) is 0.756. The van der Waals surface area contributed by atoms with Gasteiger partial charge in [0.2, 0.25) is 0 Å². The van der Waals surface area contributed by atoms with E-state index in [9.17, 15) is 15.2 Å². The molecule has 1 atom stereocenters. The number of hydrogen-bond acceptors (Lipinski definition) is 6. The first-order chi connectivity index (χ1) is 10.5. The molecular formula is C15H18N4O3. The van der Waals surface area contributed by atoms with E-state index in [-0.39, 0.29) is 18.3 Å². The Balaban J connectivity index is 2.37. The van der Waals surface area contributed by atoms with Crippen LogP contribution in [0.2, 0.25) is 0 Å². The minimum Gasteiger partial charge on any atom is -0.394 e. The molecule has 0 bridgehead atoms. The molecule has 2 rings (SSSR count). The highest BCUT2D eigenvalue weighted by Gasteiger charge is 2.12. The van der Waals surface area contributed by atoms with Gasteiger partial charge in [-0.25, -0.2) is 9.97 Å². The fourth-order valence-corrected chi connectivity index (χ4v) is 2.02. The lowest BCUT2D eigenvalue weighted by molar-refractivity contribution is -0.384. The van der Waals surface area contributed by atoms with Gasteiger partial charge in [0, 0.05) is 29.5 Å². The van der Waals surface area contributed by atoms with Gasteiger partial charge in [-0.1, -0.05) is 19.1 Å². The van der Waals surface area contributed by atoms with E-state index in [1.807, 2.05) is 13.8 Å². The Bertz CT molecular complexity index is 672. The molecule has 1 aromatic heterocycles. The van der Waals surface area contributed by atoms with Crippen molar-refractivity contribution in [1.29, 1.82) is 0 Å². The monoisotopic (exact) mass is 302 g/mol. The van der Waals surface area contributed by atoms with Gasteiger partial charge >= 0.3 is 0 Å². The molecule has 1 heterocycles. The summed E-state index contributed by atoms with van der Waals surface area (Å²) >= 11 is 0. The van der Waals surface area contributed by atoms with Crippen molar-refractivity contribution in [2.75, 3.05) is 11.9 Å². The number of aromatic nitrogens is 2. The summed E-state index contributed by atoms with van der Waals surface area (Å²) in [6.45, 7) is 3.79. The number of aliphatic hydroxyl groups excluding tert-OH is 1. The van der Waals surface area contributed by atoms with Gasteiger partial charge in [0.15, 0.2) is 5.82 Å². The lowest BCUT2D eigenvalue weighted by Crippen LogP contribution is -2.23. The Kier molecular flexibility index (Phi) is 5.00. The lowest BCUT2D eigenvalue weighted by Gasteiger charge is -2.15. The number of nitro benzene ring substituents is 1. The maximum atomic E-state index is 10.9. The highest BCUT2D eigenvalue weighted by atomic mass is 16.6. The Morgan fingerprint density at radius 3 is 2.77 bits per heavy atom. The summed E-state index contributed by atoms with van der Waals surface area (Å²) in [5.74, 6) is 1.01. The first-order valence-electron chi connectivity index (χ1n) is 7.01. The molecule has 0 fully saturated rings. The van der Waals surface area contributed by atoms with Crippen LogP contribution in [0, 0.1) is 17.0 Å². The second-order valence-electron chi connectivity index (χ2n) is 4.96. The summed E-state index contributed by atoms with van der Waals surface area (Å²) < 4.78 is 0. The zero-order chi connectivity index (χ0) is 16.1. The maximum absolute atomic E-state index is 10.9. The molecule has 0 spiro atoms. The fraction of sp³-hybridized carbons (Fsp3) is 0.333. The lowest BCUT2D eigenvalue weighted by atomic mass is 10.2. The van der Waals surface area contributed by atoms with Gasteiger partial charge in [0.05, 0.1) is 17.6 Å². The number of aliphatic hydroxyl groups is 1. The zero-order valence-electron chi connectivity index (χ0n) is 12.5. The number of rotatable bonds is 6. The predicted octanol–water partition coefficient (Wildman–Crippen LogP) is 2.54. The van der Waals surface area contributed by atoms with Gasteiger partial charge in [0.25, 0.3) is 5.69 Å². The maximum Gasteiger partial charge on any atom is 0.270 e. The summed E-state index contributed by atoms with van der Waals surface area (Å²) in [4.78, 5) is 19.1. The molecule has 0 unspecified atom stereocenters. The average Bonchev–Trinajstić information content (AvgIpc) is 2.52. The molecular weight excluding hydrogens is 284 g/mol. The van der Waals surface area contributed by atoms with Gasteiger partial charge in [-0.2, -0.15) is 0 Å². The van der Waals surface area contributed by atoms with Gasteiger partial charge in [-0.3, -0.25) is 10.1 Å². The topological polar surface area (TPSA) is 101 Å². The molecule has 0 aliphatic rings. The minimum atomic E-state index is -0.447. The smallest absolute Gasteiger partial charge is 0.270 e. The zero-order valence-corrected chi connectivity index (χ0v) is 12.5. The molecule has 7 nitrogen and oxygen atoms in total. The van der Waals surface area contributed by atoms with Gasteiger partial charge in [-0.05, 0) is 13.3 Å². The SMILES string of the molecule is CC[C@H](CO)Nc1cc(C)nc(-c2cccc([N+](=O)[O-])c2)n1. The van der Waals surface area contributed by atoms with Crippen LogP contribution >= 0.6 is 0 Å². The summed E-state index contributed by atoms with van der Waals surface area (Å²) in [5, 5.41) is 23.3. The second-order valence-corrected chi connectivity index (χ2v) is 4.96. The molecule has 116 valence electrons. The van der Waals surface area contributed by atoms with Crippen LogP contribution < -0.4 is 5.32 Å². The van der Waals surface area contributed by atoms with E-state index >= 15 is 0 Å². The summed E-state index contributed by atoms with van der Waals surface area (Å²) in [6, 6.07) is 7.90. The summed E-state index contributed by atoms with van der Waals surface area (Å²) in [5.41, 5.74) is 1.32. The van der Waals surface area contributed by atoms with E-state index in [1.54, 1.807) is 18.2 Å². The highest BCUT2D eigenvalue weighted by Crippen LogP contribution is 2.22. The molecule has 2 N–H and O–H groups in total. The quantitative estimate of drug-likeness (QED) is 0.628. The van der Waals surface area contributed by atoms with E-state index in [4.69, 9.17) is 0 Å². The number of nitrogens with one attached hydrogen (secondary N) is 1. The standard InChI is InChI=1S/C15H18N4O3/c1-3-12(9-20)17-14-7-10(2)16-15(18-14)11-5-4-6-13(8-11)19(21)22/h4-8,12,20H,3,9H2,1-2H3,(H,16,17,18)/t12-/m1/s1. The molecule has 0 saturated heterocycles. The Morgan fingerprint density at radius 2 is 2.14 bits per heavy atom. The molecule has 1 aromatic carbocycles. The van der Waals surface area contributed by atoms with E-state index in [2.05, 4.69) is 15.3 Å². The number of anilines is 1. The molecule has 0 aliphatic carbocycles. The van der Waals surface area contributed by atoms with Crippen molar-refractivity contribution in [1.82, 2.24) is 9.97 Å². The first-order valence-corrected chi connectivity index (χ1v) is 7.01. The molecule has 2 aromatic rings. The van der Waals surface area contributed by atoms with Crippen molar-refractivity contribution in [2.24, 2.45) is 0 Å². The Hall–Kier alpha value is -2.54. The van der Waals surface area contributed by atoms with Crippen LogP contribution in [0.5, 0.6) is 0 Å². The third-order valence-corrected chi connectivity index (χ3v) is 3.23. The molecule has 7 heteroatoms. The number of non-ortho nitro benzene ring substituents is 1. The van der Waals surface area contributed by atoms with Crippen molar-refractivity contribution in [3.8, 4) is 11.4 Å². The van der Waals surface area contributed by atoms with Crippen LogP contribution in [0.3, 0.4) is 0 Å². The largest absolute Gasteiger partial charge is 0.394 e. The van der Waals surface area contributed by atoms with Crippen molar-refractivity contribution >= 4 is 11.5 Å². The normalized spacial score (nSPS) is 12.0. The highest BCUT2D eigenvalue weighted by molar-refractivity contribution is 5.61. The van der Waals surface area contributed by atoms with Crippen molar-refractivity contribution in [3.63, 3.8) is 0 Å². The molecule has 0 amide bonds. The van der Waals surface area contributed by atoms with E-state index in [1.165, 1.54) is 12.1 Å². The average molecular weight is 302 g/mol. The van der Waals surface area contributed by atoms with Crippen LogP contribution in [0.15, 0.2) is 30.3 Å². The van der Waals surface area contributed by atoms with Gasteiger partial charge in [-0.15, -0.1) is 0 Å². The van der Waals surface area contributed by atoms with Crippen molar-refractivity contribution < 1.29 is 10.0 Å². The fourth-order valence-electron chi connectivity index (χ4n) is 2.02. The van der Waals surface area contributed by atoms with Crippen molar-refractivity contribution in [2.45, 2.75) is 26.3 Å². The van der Waals surface area contributed by atoms with Crippen LogP contribution in [-0.2, 0) is 0 Å². The molecule has 22 heavy (non-hydrogen) atoms. The third-order valence-electron chi connectivity index (χ3n) is 3.23. The number of nitrogens with zero attached hydrogens (tertiary/aromatic N) is 3. The minimum absolute atomic E-state index is 0.00101. The second kappa shape index (κ2) is 6.95. The van der Waals surface area contributed by atoms with E-state index in [0.29, 0.717) is 17.2 Å². The Morgan fingerprint density at radius 1 is 1.36 bits per heavy atom. The molecule has 0 saturated carbocycles. The van der Waals surface area contributed by atoms with Crippen LogP contribution in [0.1, 0.15) is 19.0 Å². The van der Waals surface area contributed by atoms with Gasteiger partial charge < -0.3 is 10.4 Å². The molecule has 0 radical (unpaired) electrons. The number of nitro groups is 1. The van der Waals surface area contributed by atoms with Crippen LogP contribution in [-0.4, -0.2) is 32.6 Å².